The quantitative estimate of drug-likeness (QED) is 0.815. The first kappa shape index (κ1) is 17.7. The number of rotatable bonds is 5. The number of imidazole rings is 1. The van der Waals surface area contributed by atoms with Crippen molar-refractivity contribution in [2.45, 2.75) is 24.6 Å². The molecule has 1 fully saturated rings. The highest BCUT2D eigenvalue weighted by Crippen LogP contribution is 2.44. The summed E-state index contributed by atoms with van der Waals surface area (Å²) in [6.45, 7) is 0.930. The second-order valence-corrected chi connectivity index (χ2v) is 5.71. The highest BCUT2D eigenvalue weighted by Gasteiger charge is 2.64. The molecule has 0 spiro atoms. The minimum absolute atomic E-state index is 0.241. The first-order valence-electron chi connectivity index (χ1n) is 7.29. The standard InChI is InChI=1S/C14H20F3N3O3/c1-19-8-5-18-12(19)13(22,14(15,16)17)10(11(21)23-2)9-20-6-3-4-7-20/h5,8,10,22H,3-4,6-7,9H2,1-2H3. The molecule has 6 nitrogen and oxygen atoms in total. The van der Waals surface area contributed by atoms with E-state index >= 15 is 0 Å². The van der Waals surface area contributed by atoms with Crippen molar-refractivity contribution in [1.29, 1.82) is 0 Å². The van der Waals surface area contributed by atoms with Crippen molar-refractivity contribution < 1.29 is 27.8 Å². The number of carbonyl (C=O) groups excluding carboxylic acids is 1. The van der Waals surface area contributed by atoms with Gasteiger partial charge >= 0.3 is 12.1 Å². The molecule has 1 aromatic rings. The Morgan fingerprint density at radius 3 is 2.48 bits per heavy atom. The minimum atomic E-state index is -5.08. The summed E-state index contributed by atoms with van der Waals surface area (Å²) in [4.78, 5) is 17.4. The van der Waals surface area contributed by atoms with E-state index in [0.717, 1.165) is 30.7 Å². The molecule has 0 radical (unpaired) electrons. The molecule has 2 unspecified atom stereocenters. The third-order valence-corrected chi connectivity index (χ3v) is 4.22. The Morgan fingerprint density at radius 1 is 1.43 bits per heavy atom. The van der Waals surface area contributed by atoms with Crippen LogP contribution in [0.5, 0.6) is 0 Å². The van der Waals surface area contributed by atoms with Crippen molar-refractivity contribution in [2.24, 2.45) is 13.0 Å². The van der Waals surface area contributed by atoms with Gasteiger partial charge in [0.2, 0.25) is 5.60 Å². The van der Waals surface area contributed by atoms with Crippen LogP contribution in [0.4, 0.5) is 13.2 Å². The topological polar surface area (TPSA) is 67.6 Å². The van der Waals surface area contributed by atoms with Crippen LogP contribution in [0.1, 0.15) is 18.7 Å². The number of aromatic nitrogens is 2. The van der Waals surface area contributed by atoms with Gasteiger partial charge in [-0.3, -0.25) is 4.79 Å². The summed E-state index contributed by atoms with van der Waals surface area (Å²) < 4.78 is 46.8. The first-order chi connectivity index (χ1) is 10.7. The fourth-order valence-corrected chi connectivity index (χ4v) is 2.96. The molecule has 1 aliphatic rings. The number of hydrogen-bond acceptors (Lipinski definition) is 5. The number of nitrogens with zero attached hydrogens (tertiary/aromatic N) is 3. The Labute approximate surface area is 131 Å². The number of aliphatic hydroxyl groups is 1. The highest BCUT2D eigenvalue weighted by molar-refractivity contribution is 5.74. The van der Waals surface area contributed by atoms with Crippen LogP contribution < -0.4 is 0 Å². The zero-order valence-corrected chi connectivity index (χ0v) is 13.0. The van der Waals surface area contributed by atoms with E-state index in [1.54, 1.807) is 4.90 Å². The predicted molar refractivity (Wildman–Crippen MR) is 74.3 cm³/mol. The van der Waals surface area contributed by atoms with Gasteiger partial charge in [0.1, 0.15) is 5.92 Å². The monoisotopic (exact) mass is 335 g/mol. The van der Waals surface area contributed by atoms with Crippen molar-refractivity contribution in [1.82, 2.24) is 14.5 Å². The minimum Gasteiger partial charge on any atom is -0.469 e. The molecule has 1 aromatic heterocycles. The summed E-state index contributed by atoms with van der Waals surface area (Å²) in [6, 6.07) is 0. The fraction of sp³-hybridized carbons (Fsp3) is 0.714. The van der Waals surface area contributed by atoms with E-state index in [-0.39, 0.29) is 6.54 Å². The van der Waals surface area contributed by atoms with Gasteiger partial charge < -0.3 is 19.3 Å². The van der Waals surface area contributed by atoms with Crippen LogP contribution in [0.25, 0.3) is 0 Å². The van der Waals surface area contributed by atoms with Crippen LogP contribution in [0.3, 0.4) is 0 Å². The summed E-state index contributed by atoms with van der Waals surface area (Å²) in [5.41, 5.74) is -3.42. The fourth-order valence-electron chi connectivity index (χ4n) is 2.96. The van der Waals surface area contributed by atoms with Crippen molar-refractivity contribution in [2.75, 3.05) is 26.7 Å². The number of esters is 1. The van der Waals surface area contributed by atoms with E-state index in [0.29, 0.717) is 13.1 Å². The third kappa shape index (κ3) is 3.20. The van der Waals surface area contributed by atoms with Crippen LogP contribution in [0, 0.1) is 5.92 Å². The van der Waals surface area contributed by atoms with E-state index < -0.39 is 29.5 Å². The molecule has 0 aliphatic carbocycles. The number of ether oxygens (including phenoxy) is 1. The second kappa shape index (κ2) is 6.48. The van der Waals surface area contributed by atoms with Gasteiger partial charge in [-0.1, -0.05) is 0 Å². The molecule has 2 heterocycles. The molecule has 23 heavy (non-hydrogen) atoms. The van der Waals surface area contributed by atoms with Crippen LogP contribution in [0.2, 0.25) is 0 Å². The molecule has 0 saturated carbocycles. The van der Waals surface area contributed by atoms with Crippen LogP contribution >= 0.6 is 0 Å². The van der Waals surface area contributed by atoms with Crippen molar-refractivity contribution in [3.8, 4) is 0 Å². The average Bonchev–Trinajstić information content (AvgIpc) is 3.13. The lowest BCUT2D eigenvalue weighted by atomic mass is 9.84. The summed E-state index contributed by atoms with van der Waals surface area (Å²) in [5, 5.41) is 10.6. The van der Waals surface area contributed by atoms with Gasteiger partial charge in [-0.25, -0.2) is 4.98 Å². The molecular weight excluding hydrogens is 315 g/mol. The second-order valence-electron chi connectivity index (χ2n) is 5.71. The van der Waals surface area contributed by atoms with E-state index in [1.807, 2.05) is 0 Å². The lowest BCUT2D eigenvalue weighted by molar-refractivity contribution is -0.291. The van der Waals surface area contributed by atoms with E-state index in [9.17, 15) is 23.1 Å². The highest BCUT2D eigenvalue weighted by atomic mass is 19.4. The molecule has 0 amide bonds. The normalized spacial score (nSPS) is 20.3. The van der Waals surface area contributed by atoms with Gasteiger partial charge in [-0.15, -0.1) is 0 Å². The largest absolute Gasteiger partial charge is 0.469 e. The molecule has 9 heteroatoms. The Kier molecular flexibility index (Phi) is 5.00. The van der Waals surface area contributed by atoms with Crippen molar-refractivity contribution in [3.63, 3.8) is 0 Å². The SMILES string of the molecule is COC(=O)C(CN1CCCC1)C(O)(c1nccn1C)C(F)(F)F. The maximum Gasteiger partial charge on any atom is 0.425 e. The van der Waals surface area contributed by atoms with Crippen molar-refractivity contribution in [3.05, 3.63) is 18.2 Å². The molecule has 0 aromatic carbocycles. The molecular formula is C14H20F3N3O3. The number of alkyl halides is 3. The van der Waals surface area contributed by atoms with Crippen LogP contribution in [-0.2, 0) is 22.2 Å². The zero-order valence-electron chi connectivity index (χ0n) is 13.0. The van der Waals surface area contributed by atoms with Crippen LogP contribution in [0.15, 0.2) is 12.4 Å². The van der Waals surface area contributed by atoms with Gasteiger partial charge in [-0.05, 0) is 25.9 Å². The Bertz CT molecular complexity index is 555. The Morgan fingerprint density at radius 2 is 2.04 bits per heavy atom. The number of halogens is 3. The molecule has 1 N–H and O–H groups in total. The number of hydrogen-bond donors (Lipinski definition) is 1. The smallest absolute Gasteiger partial charge is 0.425 e. The maximum atomic E-state index is 13.7. The maximum absolute atomic E-state index is 13.7. The van der Waals surface area contributed by atoms with E-state index in [4.69, 9.17) is 0 Å². The van der Waals surface area contributed by atoms with Gasteiger partial charge in [0.05, 0.1) is 7.11 Å². The van der Waals surface area contributed by atoms with Crippen molar-refractivity contribution >= 4 is 5.97 Å². The molecule has 0 bridgehead atoms. The number of methoxy groups -OCH3 is 1. The summed E-state index contributed by atoms with van der Waals surface area (Å²) in [7, 11) is 2.35. The average molecular weight is 335 g/mol. The lowest BCUT2D eigenvalue weighted by Gasteiger charge is -2.37. The Balaban J connectivity index is 2.48. The molecule has 2 rings (SSSR count). The van der Waals surface area contributed by atoms with Gasteiger partial charge in [0.15, 0.2) is 5.82 Å². The predicted octanol–water partition coefficient (Wildman–Crippen LogP) is 1.05. The van der Waals surface area contributed by atoms with Gasteiger partial charge in [0, 0.05) is 26.0 Å². The molecule has 130 valence electrons. The first-order valence-corrected chi connectivity index (χ1v) is 7.29. The molecule has 2 atom stereocenters. The zero-order chi connectivity index (χ0) is 17.3. The molecule has 1 saturated heterocycles. The van der Waals surface area contributed by atoms with Gasteiger partial charge in [0.25, 0.3) is 0 Å². The van der Waals surface area contributed by atoms with Crippen LogP contribution in [-0.4, -0.2) is 58.4 Å². The lowest BCUT2D eigenvalue weighted by Crippen LogP contribution is -2.56. The van der Waals surface area contributed by atoms with E-state index in [1.165, 1.54) is 13.2 Å². The summed E-state index contributed by atoms with van der Waals surface area (Å²) in [5.74, 6) is -3.55. The third-order valence-electron chi connectivity index (χ3n) is 4.22. The summed E-state index contributed by atoms with van der Waals surface area (Å²) in [6.07, 6.45) is -0.946. The Hall–Kier alpha value is -1.61. The number of aryl methyl sites for hydroxylation is 1. The number of carbonyl (C=O) groups is 1. The number of likely N-dealkylation sites (tertiary alicyclic amines) is 1. The molecule has 1 aliphatic heterocycles. The summed E-state index contributed by atoms with van der Waals surface area (Å²) >= 11 is 0. The van der Waals surface area contributed by atoms with E-state index in [2.05, 4.69) is 9.72 Å². The van der Waals surface area contributed by atoms with Gasteiger partial charge in [-0.2, -0.15) is 13.2 Å².